The number of aromatic amines is 1. The molecule has 1 heterocycles. The Morgan fingerprint density at radius 2 is 1.87 bits per heavy atom. The van der Waals surface area contributed by atoms with Crippen molar-refractivity contribution >= 4 is 34.8 Å². The number of carbonyl (C=O) groups excluding carboxylic acids is 1. The average molecular weight is 427 g/mol. The Labute approximate surface area is 181 Å². The van der Waals surface area contributed by atoms with Crippen LogP contribution in [0, 0.1) is 0 Å². The molecule has 0 unspecified atom stereocenters. The number of halogens is 1. The topological polar surface area (TPSA) is 86.9 Å². The number of hydrogen-bond donors (Lipinski definition) is 3. The molecule has 1 saturated carbocycles. The van der Waals surface area contributed by atoms with Gasteiger partial charge < -0.3 is 10.6 Å². The minimum Gasteiger partial charge on any atom is -0.326 e. The fourth-order valence-corrected chi connectivity index (χ4v) is 3.63. The highest BCUT2D eigenvalue weighted by Gasteiger charge is 2.15. The van der Waals surface area contributed by atoms with Gasteiger partial charge in [0.15, 0.2) is 0 Å². The SMILES string of the molecule is Cl.O=C(CCCCNC1CCC1)Nc1cccc(-c2n[nH]c(=O)c3ccccc23)c1. The quantitative estimate of drug-likeness (QED) is 0.469. The minimum absolute atomic E-state index is 0. The van der Waals surface area contributed by atoms with Crippen LogP contribution in [0.5, 0.6) is 0 Å². The molecule has 6 nitrogen and oxygen atoms in total. The summed E-state index contributed by atoms with van der Waals surface area (Å²) in [4.78, 5) is 24.3. The van der Waals surface area contributed by atoms with Gasteiger partial charge in [-0.25, -0.2) is 5.10 Å². The molecule has 1 amide bonds. The average Bonchev–Trinajstić information content (AvgIpc) is 2.70. The summed E-state index contributed by atoms with van der Waals surface area (Å²) in [6, 6.07) is 15.7. The fraction of sp³-hybridized carbons (Fsp3) is 0.348. The molecule has 3 N–H and O–H groups in total. The summed E-state index contributed by atoms with van der Waals surface area (Å²) in [6.07, 6.45) is 6.31. The van der Waals surface area contributed by atoms with Gasteiger partial charge in [-0.05, 0) is 50.4 Å². The van der Waals surface area contributed by atoms with Crippen LogP contribution < -0.4 is 16.2 Å². The summed E-state index contributed by atoms with van der Waals surface area (Å²) < 4.78 is 0. The third kappa shape index (κ3) is 5.26. The molecule has 3 aromatic rings. The van der Waals surface area contributed by atoms with Gasteiger partial charge in [-0.1, -0.05) is 36.8 Å². The van der Waals surface area contributed by atoms with Crippen LogP contribution in [0.15, 0.2) is 53.3 Å². The predicted octanol–water partition coefficient (Wildman–Crippen LogP) is 4.26. The number of rotatable bonds is 8. The number of hydrogen-bond acceptors (Lipinski definition) is 4. The lowest BCUT2D eigenvalue weighted by atomic mass is 9.93. The van der Waals surface area contributed by atoms with Gasteiger partial charge in [0, 0.05) is 29.1 Å². The molecule has 7 heteroatoms. The van der Waals surface area contributed by atoms with E-state index in [-0.39, 0.29) is 23.9 Å². The summed E-state index contributed by atoms with van der Waals surface area (Å²) in [5.41, 5.74) is 2.07. The fourth-order valence-electron chi connectivity index (χ4n) is 3.63. The van der Waals surface area contributed by atoms with Gasteiger partial charge in [0.25, 0.3) is 5.56 Å². The molecule has 0 atom stereocenters. The maximum atomic E-state index is 12.3. The first kappa shape index (κ1) is 22.0. The molecular formula is C23H27ClN4O2. The predicted molar refractivity (Wildman–Crippen MR) is 123 cm³/mol. The lowest BCUT2D eigenvalue weighted by Gasteiger charge is -2.26. The van der Waals surface area contributed by atoms with Crippen molar-refractivity contribution in [1.82, 2.24) is 15.5 Å². The van der Waals surface area contributed by atoms with Crippen LogP contribution in [-0.2, 0) is 4.79 Å². The summed E-state index contributed by atoms with van der Waals surface area (Å²) in [6.45, 7) is 0.985. The first-order chi connectivity index (χ1) is 14.2. The second-order valence-corrected chi connectivity index (χ2v) is 7.61. The first-order valence-electron chi connectivity index (χ1n) is 10.3. The van der Waals surface area contributed by atoms with Crippen LogP contribution in [0.25, 0.3) is 22.0 Å². The van der Waals surface area contributed by atoms with Gasteiger partial charge in [-0.15, -0.1) is 12.4 Å². The lowest BCUT2D eigenvalue weighted by molar-refractivity contribution is -0.116. The molecule has 1 aliphatic carbocycles. The maximum absolute atomic E-state index is 12.3. The molecule has 4 rings (SSSR count). The largest absolute Gasteiger partial charge is 0.326 e. The number of nitrogens with zero attached hydrogens (tertiary/aromatic N) is 1. The minimum atomic E-state index is -0.208. The normalized spacial score (nSPS) is 13.5. The number of anilines is 1. The highest BCUT2D eigenvalue weighted by Crippen LogP contribution is 2.26. The van der Waals surface area contributed by atoms with Crippen LogP contribution in [0.3, 0.4) is 0 Å². The zero-order valence-corrected chi connectivity index (χ0v) is 17.6. The van der Waals surface area contributed by atoms with E-state index in [0.29, 0.717) is 23.5 Å². The second kappa shape index (κ2) is 10.4. The van der Waals surface area contributed by atoms with Crippen LogP contribution in [0.1, 0.15) is 38.5 Å². The third-order valence-corrected chi connectivity index (χ3v) is 5.48. The zero-order chi connectivity index (χ0) is 20.1. The van der Waals surface area contributed by atoms with Crippen LogP contribution >= 0.6 is 12.4 Å². The van der Waals surface area contributed by atoms with Crippen molar-refractivity contribution in [3.8, 4) is 11.3 Å². The monoisotopic (exact) mass is 426 g/mol. The number of H-pyrrole nitrogens is 1. The highest BCUT2D eigenvalue weighted by molar-refractivity contribution is 5.95. The van der Waals surface area contributed by atoms with E-state index in [1.165, 1.54) is 19.3 Å². The Hall–Kier alpha value is -2.70. The van der Waals surface area contributed by atoms with Crippen molar-refractivity contribution < 1.29 is 4.79 Å². The van der Waals surface area contributed by atoms with Crippen molar-refractivity contribution in [3.05, 3.63) is 58.9 Å². The van der Waals surface area contributed by atoms with Crippen LogP contribution in [0.4, 0.5) is 5.69 Å². The molecule has 0 saturated heterocycles. The number of unbranched alkanes of at least 4 members (excludes halogenated alkanes) is 1. The molecule has 0 spiro atoms. The molecule has 1 fully saturated rings. The van der Waals surface area contributed by atoms with E-state index >= 15 is 0 Å². The molecule has 158 valence electrons. The lowest BCUT2D eigenvalue weighted by Crippen LogP contribution is -2.35. The summed E-state index contributed by atoms with van der Waals surface area (Å²) in [5, 5.41) is 14.7. The number of fused-ring (bicyclic) bond motifs is 1. The molecule has 0 aliphatic heterocycles. The van der Waals surface area contributed by atoms with Crippen molar-refractivity contribution in [2.75, 3.05) is 11.9 Å². The van der Waals surface area contributed by atoms with Crippen molar-refractivity contribution in [3.63, 3.8) is 0 Å². The van der Waals surface area contributed by atoms with E-state index in [2.05, 4.69) is 20.8 Å². The Kier molecular flexibility index (Phi) is 7.60. The van der Waals surface area contributed by atoms with Gasteiger partial charge in [0.1, 0.15) is 0 Å². The summed E-state index contributed by atoms with van der Waals surface area (Å²) in [7, 11) is 0. The van der Waals surface area contributed by atoms with Gasteiger partial charge in [0.2, 0.25) is 5.91 Å². The van der Waals surface area contributed by atoms with Gasteiger partial charge in [-0.2, -0.15) is 5.10 Å². The third-order valence-electron chi connectivity index (χ3n) is 5.48. The zero-order valence-electron chi connectivity index (χ0n) is 16.8. The second-order valence-electron chi connectivity index (χ2n) is 7.61. The molecular weight excluding hydrogens is 400 g/mol. The Bertz CT molecular complexity index is 1060. The summed E-state index contributed by atoms with van der Waals surface area (Å²) in [5.74, 6) is 0.0186. The highest BCUT2D eigenvalue weighted by atomic mass is 35.5. The molecule has 0 radical (unpaired) electrons. The molecule has 1 aliphatic rings. The van der Waals surface area contributed by atoms with Crippen molar-refractivity contribution in [2.24, 2.45) is 0 Å². The van der Waals surface area contributed by atoms with Gasteiger partial charge >= 0.3 is 0 Å². The number of carbonyl (C=O) groups is 1. The molecule has 30 heavy (non-hydrogen) atoms. The van der Waals surface area contributed by atoms with E-state index in [0.717, 1.165) is 36.0 Å². The Balaban J connectivity index is 0.00000256. The van der Waals surface area contributed by atoms with E-state index < -0.39 is 0 Å². The van der Waals surface area contributed by atoms with E-state index in [1.54, 1.807) is 6.07 Å². The van der Waals surface area contributed by atoms with E-state index in [1.807, 2.05) is 42.5 Å². The smallest absolute Gasteiger partial charge is 0.272 e. The first-order valence-corrected chi connectivity index (χ1v) is 10.3. The van der Waals surface area contributed by atoms with Crippen molar-refractivity contribution in [1.29, 1.82) is 0 Å². The molecule has 1 aromatic heterocycles. The Morgan fingerprint density at radius 3 is 2.63 bits per heavy atom. The van der Waals surface area contributed by atoms with E-state index in [4.69, 9.17) is 0 Å². The van der Waals surface area contributed by atoms with Crippen LogP contribution in [-0.4, -0.2) is 28.7 Å². The van der Waals surface area contributed by atoms with Crippen molar-refractivity contribution in [2.45, 2.75) is 44.6 Å². The Morgan fingerprint density at radius 1 is 1.07 bits per heavy atom. The summed E-state index contributed by atoms with van der Waals surface area (Å²) >= 11 is 0. The standard InChI is InChI=1S/C23H26N4O2.ClH/c28-21(13-3-4-14-24-17-8-6-9-17)25-18-10-5-7-16(15-18)22-19-11-1-2-12-20(19)23(29)27-26-22;/h1-2,5,7,10-12,15,17,24H,3-4,6,8-9,13-14H2,(H,25,28)(H,27,29);1H. The van der Waals surface area contributed by atoms with Gasteiger partial charge in [0.05, 0.1) is 11.1 Å². The maximum Gasteiger partial charge on any atom is 0.272 e. The molecule has 2 aromatic carbocycles. The van der Waals surface area contributed by atoms with Crippen LogP contribution in [0.2, 0.25) is 0 Å². The number of nitrogens with one attached hydrogen (secondary N) is 3. The number of benzene rings is 2. The van der Waals surface area contributed by atoms with E-state index in [9.17, 15) is 9.59 Å². The number of amides is 1. The number of aromatic nitrogens is 2. The van der Waals surface area contributed by atoms with Gasteiger partial charge in [-0.3, -0.25) is 9.59 Å². The molecule has 0 bridgehead atoms.